The molecule has 0 rings (SSSR count). The van der Waals surface area contributed by atoms with Crippen LogP contribution in [0.4, 0.5) is 0 Å². The van der Waals surface area contributed by atoms with Gasteiger partial charge in [0.2, 0.25) is 5.78 Å². The van der Waals surface area contributed by atoms with Crippen LogP contribution < -0.4 is 0 Å². The lowest BCUT2D eigenvalue weighted by Crippen LogP contribution is -2.06. The first-order valence-corrected chi connectivity index (χ1v) is 1.86. The molecule has 4 nitrogen and oxygen atoms in total. The fraction of sp³-hybridized carbons (Fsp3) is 0.250. The minimum absolute atomic E-state index is 0.00583. The molecular formula is C4H4O4. The Morgan fingerprint density at radius 2 is 2.00 bits per heavy atom. The van der Waals surface area contributed by atoms with E-state index in [1.807, 2.05) is 0 Å². The Morgan fingerprint density at radius 3 is 2.12 bits per heavy atom. The Bertz CT molecular complexity index is 126. The topological polar surface area (TPSA) is 71.4 Å². The van der Waals surface area contributed by atoms with Crippen LogP contribution in [0.2, 0.25) is 0 Å². The molecule has 1 N–H and O–H groups in total. The van der Waals surface area contributed by atoms with Gasteiger partial charge in [-0.25, -0.2) is 0 Å². The summed E-state index contributed by atoms with van der Waals surface area (Å²) in [5.74, 6) is -2.18. The number of rotatable bonds is 3. The van der Waals surface area contributed by atoms with Crippen molar-refractivity contribution in [3.8, 4) is 0 Å². The molecule has 0 aromatic rings. The first-order chi connectivity index (χ1) is 3.66. The summed E-state index contributed by atoms with van der Waals surface area (Å²) in [6, 6.07) is 0. The Morgan fingerprint density at radius 1 is 1.50 bits per heavy atom. The van der Waals surface area contributed by atoms with Crippen molar-refractivity contribution in [1.82, 2.24) is 0 Å². The van der Waals surface area contributed by atoms with Crippen LogP contribution in [-0.2, 0) is 14.4 Å². The summed E-state index contributed by atoms with van der Waals surface area (Å²) in [5.41, 5.74) is 0. The summed E-state index contributed by atoms with van der Waals surface area (Å²) < 4.78 is 0. The number of ketones is 1. The van der Waals surface area contributed by atoms with Gasteiger partial charge in [-0.15, -0.1) is 0 Å². The average Bonchev–Trinajstić information content (AvgIpc) is 1.65. The zero-order valence-electron chi connectivity index (χ0n) is 3.96. The average molecular weight is 116 g/mol. The molecule has 0 spiro atoms. The number of aliphatic carboxylic acids is 1. The molecule has 0 fully saturated rings. The monoisotopic (exact) mass is 116 g/mol. The third-order valence-electron chi connectivity index (χ3n) is 0.457. The van der Waals surface area contributed by atoms with Gasteiger partial charge in [0.25, 0.3) is 0 Å². The number of hydrogen-bond donors (Lipinski definition) is 1. The third kappa shape index (κ3) is 3.02. The molecule has 0 aliphatic carbocycles. The molecule has 0 atom stereocenters. The largest absolute Gasteiger partial charge is 0.481 e. The van der Waals surface area contributed by atoms with E-state index >= 15 is 0 Å². The number of hydrogen-bond acceptors (Lipinski definition) is 3. The fourth-order valence-corrected chi connectivity index (χ4v) is 0.191. The molecule has 8 heavy (non-hydrogen) atoms. The van der Waals surface area contributed by atoms with Crippen LogP contribution in [0.25, 0.3) is 0 Å². The van der Waals surface area contributed by atoms with Gasteiger partial charge >= 0.3 is 5.97 Å². The zero-order valence-corrected chi connectivity index (χ0v) is 3.96. The standard InChI is InChI=1S/C4H4O4/c5-2-3(6)1-4(7)8/h2H,1H2,(H,7,8). The van der Waals surface area contributed by atoms with E-state index in [9.17, 15) is 14.4 Å². The van der Waals surface area contributed by atoms with Gasteiger partial charge in [-0.1, -0.05) is 0 Å². The lowest BCUT2D eigenvalue weighted by atomic mass is 10.3. The molecule has 0 aliphatic heterocycles. The third-order valence-corrected chi connectivity index (χ3v) is 0.457. The summed E-state index contributed by atoms with van der Waals surface area (Å²) in [4.78, 5) is 28.9. The van der Waals surface area contributed by atoms with Crippen LogP contribution in [0, 0.1) is 0 Å². The van der Waals surface area contributed by atoms with Gasteiger partial charge in [-0.2, -0.15) is 0 Å². The number of carbonyl (C=O) groups excluding carboxylic acids is 2. The van der Waals surface area contributed by atoms with Crippen molar-refractivity contribution in [3.63, 3.8) is 0 Å². The van der Waals surface area contributed by atoms with E-state index in [0.717, 1.165) is 0 Å². The minimum Gasteiger partial charge on any atom is -0.481 e. The van der Waals surface area contributed by atoms with Gasteiger partial charge in [-0.3, -0.25) is 14.4 Å². The molecule has 0 bridgehead atoms. The summed E-state index contributed by atoms with van der Waals surface area (Å²) in [6.07, 6.45) is -0.711. The molecule has 0 aromatic heterocycles. The highest BCUT2D eigenvalue weighted by molar-refractivity contribution is 6.28. The number of aldehydes is 1. The highest BCUT2D eigenvalue weighted by Gasteiger charge is 2.03. The molecule has 0 unspecified atom stereocenters. The zero-order chi connectivity index (χ0) is 6.57. The molecule has 4 heteroatoms. The summed E-state index contributed by atoms with van der Waals surface area (Å²) in [5, 5.41) is 7.84. The van der Waals surface area contributed by atoms with E-state index in [1.165, 1.54) is 0 Å². The van der Waals surface area contributed by atoms with Gasteiger partial charge in [0, 0.05) is 0 Å². The van der Waals surface area contributed by atoms with E-state index in [1.54, 1.807) is 0 Å². The second-order valence-corrected chi connectivity index (χ2v) is 1.15. The molecular weight excluding hydrogens is 112 g/mol. The first kappa shape index (κ1) is 6.81. The quantitative estimate of drug-likeness (QED) is 0.298. The summed E-state index contributed by atoms with van der Waals surface area (Å²) in [6.45, 7) is 0. The van der Waals surface area contributed by atoms with E-state index in [4.69, 9.17) is 5.11 Å². The van der Waals surface area contributed by atoms with Gasteiger partial charge in [0.05, 0.1) is 0 Å². The van der Waals surface area contributed by atoms with Gasteiger partial charge in [0.15, 0.2) is 6.29 Å². The van der Waals surface area contributed by atoms with Gasteiger partial charge < -0.3 is 5.11 Å². The Labute approximate surface area is 45.1 Å². The van der Waals surface area contributed by atoms with Crippen molar-refractivity contribution in [3.05, 3.63) is 0 Å². The number of Topliss-reactive ketones (excluding diaryl/α,β-unsaturated/α-hetero) is 1. The maximum Gasteiger partial charge on any atom is 0.311 e. The molecule has 0 aliphatic rings. The number of carboxylic acids is 1. The highest BCUT2D eigenvalue weighted by atomic mass is 16.4. The van der Waals surface area contributed by atoms with Crippen LogP contribution in [0.3, 0.4) is 0 Å². The lowest BCUT2D eigenvalue weighted by molar-refractivity contribution is -0.142. The molecule has 0 amide bonds. The van der Waals surface area contributed by atoms with E-state index in [-0.39, 0.29) is 6.29 Å². The van der Waals surface area contributed by atoms with Gasteiger partial charge in [0.1, 0.15) is 6.42 Å². The van der Waals surface area contributed by atoms with E-state index < -0.39 is 18.2 Å². The number of carboxylic acid groups (broad SMARTS) is 1. The van der Waals surface area contributed by atoms with Crippen LogP contribution in [0.1, 0.15) is 6.42 Å². The maximum absolute atomic E-state index is 9.87. The fourth-order valence-electron chi connectivity index (χ4n) is 0.191. The van der Waals surface area contributed by atoms with E-state index in [0.29, 0.717) is 0 Å². The van der Waals surface area contributed by atoms with Crippen molar-refractivity contribution in [2.75, 3.05) is 0 Å². The van der Waals surface area contributed by atoms with Crippen molar-refractivity contribution in [2.45, 2.75) is 6.42 Å². The summed E-state index contributed by atoms with van der Waals surface area (Å²) >= 11 is 0. The van der Waals surface area contributed by atoms with Crippen molar-refractivity contribution >= 4 is 18.0 Å². The second-order valence-electron chi connectivity index (χ2n) is 1.15. The second kappa shape index (κ2) is 2.90. The molecule has 0 heterocycles. The van der Waals surface area contributed by atoms with Crippen molar-refractivity contribution in [2.24, 2.45) is 0 Å². The van der Waals surface area contributed by atoms with Crippen LogP contribution in [0.5, 0.6) is 0 Å². The SMILES string of the molecule is O=CC(=O)CC(=O)O. The van der Waals surface area contributed by atoms with E-state index in [2.05, 4.69) is 0 Å². The smallest absolute Gasteiger partial charge is 0.311 e. The molecule has 0 saturated heterocycles. The van der Waals surface area contributed by atoms with Crippen LogP contribution in [0.15, 0.2) is 0 Å². The van der Waals surface area contributed by atoms with Crippen LogP contribution >= 0.6 is 0 Å². The van der Waals surface area contributed by atoms with Crippen molar-refractivity contribution < 1.29 is 19.5 Å². The summed E-state index contributed by atoms with van der Waals surface area (Å²) in [7, 11) is 0. The lowest BCUT2D eigenvalue weighted by Gasteiger charge is -1.80. The Hall–Kier alpha value is -1.19. The highest BCUT2D eigenvalue weighted by Crippen LogP contribution is 1.76. The normalized spacial score (nSPS) is 8.00. The first-order valence-electron chi connectivity index (χ1n) is 1.86. The van der Waals surface area contributed by atoms with Gasteiger partial charge in [-0.05, 0) is 0 Å². The molecule has 44 valence electrons. The number of carbonyl (C=O) groups is 3. The Kier molecular flexibility index (Phi) is 2.47. The predicted octanol–water partition coefficient (Wildman–Crippen LogP) is -0.771. The van der Waals surface area contributed by atoms with Crippen molar-refractivity contribution in [1.29, 1.82) is 0 Å². The maximum atomic E-state index is 9.87. The minimum atomic E-state index is -1.28. The Balaban J connectivity index is 3.55. The molecule has 0 radical (unpaired) electrons. The predicted molar refractivity (Wildman–Crippen MR) is 23.3 cm³/mol. The van der Waals surface area contributed by atoms with Crippen LogP contribution in [-0.4, -0.2) is 23.1 Å². The molecule has 0 saturated carbocycles. The molecule has 0 aromatic carbocycles.